The Morgan fingerprint density at radius 1 is 1.09 bits per heavy atom. The highest BCUT2D eigenvalue weighted by Gasteiger charge is 2.34. The molecule has 0 bridgehead atoms. The van der Waals surface area contributed by atoms with Gasteiger partial charge in [-0.2, -0.15) is 13.5 Å². The van der Waals surface area contributed by atoms with Crippen molar-refractivity contribution in [3.05, 3.63) is 40.7 Å². The second-order valence-corrected chi connectivity index (χ2v) is 11.9. The van der Waals surface area contributed by atoms with Gasteiger partial charge in [0, 0.05) is 17.9 Å². The van der Waals surface area contributed by atoms with Crippen LogP contribution in [0, 0.1) is 0 Å². The van der Waals surface area contributed by atoms with E-state index in [-0.39, 0.29) is 6.04 Å². The Balaban J connectivity index is 1.32. The molecular weight excluding hydrogens is 464 g/mol. The van der Waals surface area contributed by atoms with Gasteiger partial charge in [-0.1, -0.05) is 6.07 Å². The average molecular weight is 498 g/mol. The van der Waals surface area contributed by atoms with Crippen molar-refractivity contribution in [3.63, 3.8) is 0 Å². The molecule has 1 saturated heterocycles. The monoisotopic (exact) mass is 497 g/mol. The first-order valence-electron chi connectivity index (χ1n) is 12.9. The Morgan fingerprint density at radius 2 is 1.74 bits per heavy atom. The van der Waals surface area contributed by atoms with Gasteiger partial charge in [-0.3, -0.25) is 4.68 Å². The van der Waals surface area contributed by atoms with E-state index in [1.807, 2.05) is 11.7 Å². The molecule has 10 heteroatoms. The van der Waals surface area contributed by atoms with Gasteiger partial charge < -0.3 is 15.3 Å². The van der Waals surface area contributed by atoms with Gasteiger partial charge in [-0.05, 0) is 107 Å². The molecule has 0 amide bonds. The fourth-order valence-corrected chi connectivity index (χ4v) is 7.28. The number of nitrogens with zero attached hydrogens (tertiary/aromatic N) is 5. The molecule has 1 aliphatic heterocycles. The molecule has 2 fully saturated rings. The normalized spacial score (nSPS) is 21.2. The maximum absolute atomic E-state index is 13.6. The van der Waals surface area contributed by atoms with Crippen molar-refractivity contribution in [2.24, 2.45) is 4.40 Å². The first-order chi connectivity index (χ1) is 16.9. The summed E-state index contributed by atoms with van der Waals surface area (Å²) in [6.45, 7) is 1.59. The van der Waals surface area contributed by atoms with Gasteiger partial charge in [0.2, 0.25) is 0 Å². The van der Waals surface area contributed by atoms with Gasteiger partial charge in [0.05, 0.1) is 23.9 Å². The molecule has 9 nitrogen and oxygen atoms in total. The Bertz CT molecular complexity index is 1230. The molecule has 2 heterocycles. The van der Waals surface area contributed by atoms with E-state index in [9.17, 15) is 13.5 Å². The molecule has 1 aromatic carbocycles. The lowest BCUT2D eigenvalue weighted by atomic mass is 9.99. The number of benzene rings is 1. The van der Waals surface area contributed by atoms with Crippen LogP contribution in [0.25, 0.3) is 0 Å². The molecular formula is C25H33N6O3S-. The van der Waals surface area contributed by atoms with Crippen molar-refractivity contribution in [1.82, 2.24) is 14.7 Å². The molecule has 188 valence electrons. The number of fused-ring (bicyclic) bond motifs is 2. The van der Waals surface area contributed by atoms with Crippen LogP contribution in [-0.4, -0.2) is 55.3 Å². The minimum Gasteiger partial charge on any atom is -0.845 e. The fourth-order valence-electron chi connectivity index (χ4n) is 5.99. The number of aryl methyl sites for hydroxylation is 2. The Morgan fingerprint density at radius 3 is 2.37 bits per heavy atom. The van der Waals surface area contributed by atoms with Crippen LogP contribution in [0.5, 0.6) is 0 Å². The number of nitrogens with one attached hydrogen (secondary N) is 1. The van der Waals surface area contributed by atoms with Crippen LogP contribution in [-0.2, 0) is 35.9 Å². The van der Waals surface area contributed by atoms with Crippen molar-refractivity contribution in [1.29, 1.82) is 0 Å². The molecule has 0 spiro atoms. The second kappa shape index (κ2) is 8.81. The largest absolute Gasteiger partial charge is 0.845 e. The molecule has 1 N–H and O–H groups in total. The molecule has 0 unspecified atom stereocenters. The molecule has 6 rings (SSSR count). The highest BCUT2D eigenvalue weighted by atomic mass is 32.2. The predicted octanol–water partition coefficient (Wildman–Crippen LogP) is 2.17. The Hall–Kier alpha value is -2.59. The van der Waals surface area contributed by atoms with Gasteiger partial charge in [-0.15, -0.1) is 4.40 Å². The SMILES string of the molecule is CN1CCC(N(c2cnn(C3CC3)c2)S(=O)(=O)/N=C(\[O-])Nc2c3c(cc4c2CCC4)CCC3)CC1. The standard InChI is InChI=1S/C25H34N6O3S/c1-29-12-10-20(11-13-29)31(21-15-26-30(16-21)19-8-9-19)35(33,34)28-25(32)27-24-22-6-2-4-17(22)14-18-5-3-7-23(18)24/h14-16,19-20H,2-13H2,1H3,(H2,27,28,32)/p-1. The predicted molar refractivity (Wildman–Crippen MR) is 134 cm³/mol. The third-order valence-electron chi connectivity index (χ3n) is 7.93. The minimum atomic E-state index is -4.26. The van der Waals surface area contributed by atoms with E-state index < -0.39 is 16.2 Å². The lowest BCUT2D eigenvalue weighted by Gasteiger charge is -2.36. The van der Waals surface area contributed by atoms with Crippen molar-refractivity contribution in [3.8, 4) is 0 Å². The van der Waals surface area contributed by atoms with Crippen molar-refractivity contribution in [2.75, 3.05) is 29.8 Å². The summed E-state index contributed by atoms with van der Waals surface area (Å²) in [7, 11) is -2.22. The number of hydrogen-bond acceptors (Lipinski definition) is 5. The second-order valence-electron chi connectivity index (χ2n) is 10.5. The molecule has 3 aliphatic carbocycles. The third-order valence-corrected chi connectivity index (χ3v) is 9.34. The van der Waals surface area contributed by atoms with Crippen molar-refractivity contribution in [2.45, 2.75) is 76.3 Å². The van der Waals surface area contributed by atoms with E-state index in [1.54, 1.807) is 12.4 Å². The zero-order valence-electron chi connectivity index (χ0n) is 20.2. The summed E-state index contributed by atoms with van der Waals surface area (Å²) in [6, 6.07) is 1.56. The summed E-state index contributed by atoms with van der Waals surface area (Å²) >= 11 is 0. The first-order valence-corrected chi connectivity index (χ1v) is 14.3. The number of rotatable bonds is 6. The summed E-state index contributed by atoms with van der Waals surface area (Å²) in [4.78, 5) is 2.19. The van der Waals surface area contributed by atoms with E-state index in [2.05, 4.69) is 25.8 Å². The van der Waals surface area contributed by atoms with Gasteiger partial charge >= 0.3 is 10.2 Å². The van der Waals surface area contributed by atoms with Gasteiger partial charge in [0.25, 0.3) is 0 Å². The molecule has 4 aliphatic rings. The van der Waals surface area contributed by atoms with Crippen molar-refractivity contribution >= 4 is 27.6 Å². The summed E-state index contributed by atoms with van der Waals surface area (Å²) in [5, 5.41) is 20.4. The van der Waals surface area contributed by atoms with E-state index in [4.69, 9.17) is 0 Å². The molecule has 1 saturated carbocycles. The maximum Gasteiger partial charge on any atom is 0.345 e. The third kappa shape index (κ3) is 4.42. The highest BCUT2D eigenvalue weighted by Crippen LogP contribution is 2.39. The zero-order valence-corrected chi connectivity index (χ0v) is 21.1. The smallest absolute Gasteiger partial charge is 0.345 e. The molecule has 2 aromatic rings. The molecule has 35 heavy (non-hydrogen) atoms. The van der Waals surface area contributed by atoms with Crippen LogP contribution in [0.2, 0.25) is 0 Å². The van der Waals surface area contributed by atoms with Crippen LogP contribution in [0.3, 0.4) is 0 Å². The summed E-state index contributed by atoms with van der Waals surface area (Å²) < 4.78 is 34.2. The van der Waals surface area contributed by atoms with Crippen LogP contribution in [0.15, 0.2) is 22.9 Å². The van der Waals surface area contributed by atoms with Crippen LogP contribution in [0.4, 0.5) is 11.4 Å². The minimum absolute atomic E-state index is 0.255. The van der Waals surface area contributed by atoms with Crippen molar-refractivity contribution < 1.29 is 13.5 Å². The molecule has 1 aromatic heterocycles. The fraction of sp³-hybridized carbons (Fsp3) is 0.600. The highest BCUT2D eigenvalue weighted by molar-refractivity contribution is 7.91. The average Bonchev–Trinajstić information content (AvgIpc) is 3.19. The quantitative estimate of drug-likeness (QED) is 0.484. The van der Waals surface area contributed by atoms with E-state index in [1.165, 1.54) is 15.4 Å². The number of likely N-dealkylation sites (tertiary alicyclic amines) is 1. The number of hydrogen-bond donors (Lipinski definition) is 1. The number of amidine groups is 1. The van der Waals surface area contributed by atoms with E-state index in [0.29, 0.717) is 24.6 Å². The van der Waals surface area contributed by atoms with E-state index in [0.717, 1.165) is 81.3 Å². The number of anilines is 2. The summed E-state index contributed by atoms with van der Waals surface area (Å²) in [6.07, 6.45) is 12.8. The summed E-state index contributed by atoms with van der Waals surface area (Å²) in [5.74, 6) is 0. The number of piperidine rings is 1. The maximum atomic E-state index is 13.6. The van der Waals surface area contributed by atoms with Gasteiger partial charge in [0.1, 0.15) is 0 Å². The lowest BCUT2D eigenvalue weighted by molar-refractivity contribution is -0.213. The van der Waals surface area contributed by atoms with Crippen LogP contribution >= 0.6 is 0 Å². The Labute approximate surface area is 207 Å². The Kier molecular flexibility index (Phi) is 5.75. The van der Waals surface area contributed by atoms with Gasteiger partial charge in [0.15, 0.2) is 0 Å². The topological polar surface area (TPSA) is 106 Å². The van der Waals surface area contributed by atoms with Crippen LogP contribution < -0.4 is 14.7 Å². The molecule has 0 radical (unpaired) electrons. The zero-order chi connectivity index (χ0) is 24.2. The first kappa shape index (κ1) is 22.8. The van der Waals surface area contributed by atoms with Gasteiger partial charge in [-0.25, -0.2) is 4.31 Å². The molecule has 0 atom stereocenters. The number of aromatic nitrogens is 2. The van der Waals surface area contributed by atoms with E-state index >= 15 is 0 Å². The van der Waals surface area contributed by atoms with Crippen LogP contribution in [0.1, 0.15) is 66.8 Å². The summed E-state index contributed by atoms with van der Waals surface area (Å²) in [5.41, 5.74) is 6.18. The lowest BCUT2D eigenvalue weighted by Crippen LogP contribution is -2.47.